The molecule has 2 rings (SSSR count). The summed E-state index contributed by atoms with van der Waals surface area (Å²) < 4.78 is 1.18. The fourth-order valence-electron chi connectivity index (χ4n) is 2.78. The van der Waals surface area contributed by atoms with Gasteiger partial charge in [-0.15, -0.1) is 0 Å². The molecule has 1 unspecified atom stereocenters. The highest BCUT2D eigenvalue weighted by molar-refractivity contribution is 9.10. The Labute approximate surface area is 136 Å². The molecule has 1 N–H and O–H groups in total. The zero-order valence-electron chi connectivity index (χ0n) is 13.3. The van der Waals surface area contributed by atoms with Crippen LogP contribution in [0.4, 0.5) is 0 Å². The molecule has 0 amide bonds. The van der Waals surface area contributed by atoms with Gasteiger partial charge in [-0.2, -0.15) is 0 Å². The summed E-state index contributed by atoms with van der Waals surface area (Å²) in [6.07, 6.45) is 1.03. The van der Waals surface area contributed by atoms with Crippen molar-refractivity contribution in [2.75, 3.05) is 6.54 Å². The third-order valence-electron chi connectivity index (χ3n) is 4.06. The Morgan fingerprint density at radius 1 is 1.10 bits per heavy atom. The standard InChI is InChI=1S/C19H24BrN/c1-5-21-19(17-7-6-8-18(20)15(17)4)12-16-11-13(2)9-10-14(16)3/h6-11,19,21H,5,12H2,1-4H3. The highest BCUT2D eigenvalue weighted by atomic mass is 79.9. The van der Waals surface area contributed by atoms with Crippen LogP contribution in [-0.4, -0.2) is 6.54 Å². The van der Waals surface area contributed by atoms with E-state index in [9.17, 15) is 0 Å². The van der Waals surface area contributed by atoms with E-state index < -0.39 is 0 Å². The molecular weight excluding hydrogens is 322 g/mol. The highest BCUT2D eigenvalue weighted by Crippen LogP contribution is 2.28. The van der Waals surface area contributed by atoms with Crippen LogP contribution in [0.25, 0.3) is 0 Å². The fourth-order valence-corrected chi connectivity index (χ4v) is 3.16. The summed E-state index contributed by atoms with van der Waals surface area (Å²) in [6, 6.07) is 13.5. The number of aryl methyl sites for hydroxylation is 2. The van der Waals surface area contributed by atoms with Crippen LogP contribution < -0.4 is 5.32 Å². The fraction of sp³-hybridized carbons (Fsp3) is 0.368. The van der Waals surface area contributed by atoms with E-state index in [-0.39, 0.29) is 0 Å². The second kappa shape index (κ2) is 7.24. The molecule has 0 saturated heterocycles. The molecule has 0 aromatic heterocycles. The van der Waals surface area contributed by atoms with E-state index in [0.717, 1.165) is 13.0 Å². The van der Waals surface area contributed by atoms with Crippen LogP contribution >= 0.6 is 15.9 Å². The zero-order chi connectivity index (χ0) is 15.4. The van der Waals surface area contributed by atoms with Crippen molar-refractivity contribution in [3.8, 4) is 0 Å². The Balaban J connectivity index is 2.35. The van der Waals surface area contributed by atoms with Crippen LogP contribution in [0.2, 0.25) is 0 Å². The number of benzene rings is 2. The lowest BCUT2D eigenvalue weighted by Gasteiger charge is -2.22. The maximum atomic E-state index is 3.65. The lowest BCUT2D eigenvalue weighted by atomic mass is 9.92. The van der Waals surface area contributed by atoms with Gasteiger partial charge in [0, 0.05) is 10.5 Å². The smallest absolute Gasteiger partial charge is 0.0363 e. The van der Waals surface area contributed by atoms with E-state index in [4.69, 9.17) is 0 Å². The highest BCUT2D eigenvalue weighted by Gasteiger charge is 2.15. The van der Waals surface area contributed by atoms with Gasteiger partial charge in [0.2, 0.25) is 0 Å². The minimum absolute atomic E-state index is 0.355. The minimum atomic E-state index is 0.355. The van der Waals surface area contributed by atoms with Gasteiger partial charge < -0.3 is 5.32 Å². The molecule has 0 radical (unpaired) electrons. The van der Waals surface area contributed by atoms with Gasteiger partial charge in [-0.05, 0) is 62.1 Å². The predicted octanol–water partition coefficient (Wildman–Crippen LogP) is 5.27. The third kappa shape index (κ3) is 3.96. The lowest BCUT2D eigenvalue weighted by molar-refractivity contribution is 0.546. The molecule has 0 heterocycles. The first-order valence-electron chi connectivity index (χ1n) is 7.57. The average molecular weight is 346 g/mol. The van der Waals surface area contributed by atoms with Gasteiger partial charge in [0.1, 0.15) is 0 Å². The molecule has 0 bridgehead atoms. The number of rotatable bonds is 5. The molecular formula is C19H24BrN. The van der Waals surface area contributed by atoms with Crippen LogP contribution in [0.1, 0.15) is 40.8 Å². The molecule has 0 spiro atoms. The van der Waals surface area contributed by atoms with Gasteiger partial charge in [0.25, 0.3) is 0 Å². The van der Waals surface area contributed by atoms with Crippen molar-refractivity contribution in [1.29, 1.82) is 0 Å². The number of hydrogen-bond donors (Lipinski definition) is 1. The van der Waals surface area contributed by atoms with E-state index in [1.165, 1.54) is 32.3 Å². The molecule has 0 fully saturated rings. The summed E-state index contributed by atoms with van der Waals surface area (Å²) in [6.45, 7) is 9.69. The Morgan fingerprint density at radius 2 is 1.86 bits per heavy atom. The van der Waals surface area contributed by atoms with E-state index >= 15 is 0 Å². The first-order chi connectivity index (χ1) is 10.0. The monoisotopic (exact) mass is 345 g/mol. The Kier molecular flexibility index (Phi) is 5.60. The van der Waals surface area contributed by atoms with E-state index in [0.29, 0.717) is 6.04 Å². The molecule has 2 aromatic carbocycles. The Morgan fingerprint density at radius 3 is 2.57 bits per heavy atom. The molecule has 21 heavy (non-hydrogen) atoms. The van der Waals surface area contributed by atoms with Crippen LogP contribution in [0, 0.1) is 20.8 Å². The number of nitrogens with one attached hydrogen (secondary N) is 1. The van der Waals surface area contributed by atoms with Crippen molar-refractivity contribution in [2.45, 2.75) is 40.2 Å². The van der Waals surface area contributed by atoms with Crippen LogP contribution in [0.5, 0.6) is 0 Å². The first kappa shape index (κ1) is 16.3. The van der Waals surface area contributed by atoms with Gasteiger partial charge in [0.05, 0.1) is 0 Å². The minimum Gasteiger partial charge on any atom is -0.310 e. The second-order valence-electron chi connectivity index (χ2n) is 5.70. The maximum absolute atomic E-state index is 3.65. The summed E-state index contributed by atoms with van der Waals surface area (Å²) >= 11 is 3.65. The quantitative estimate of drug-likeness (QED) is 0.778. The van der Waals surface area contributed by atoms with Gasteiger partial charge in [0.15, 0.2) is 0 Å². The number of halogens is 1. The Hall–Kier alpha value is -1.12. The Bertz CT molecular complexity index is 619. The average Bonchev–Trinajstić information content (AvgIpc) is 2.45. The molecule has 0 aliphatic heterocycles. The number of likely N-dealkylation sites (N-methyl/N-ethyl adjacent to an activating group) is 1. The lowest BCUT2D eigenvalue weighted by Crippen LogP contribution is -2.24. The van der Waals surface area contributed by atoms with Crippen LogP contribution in [0.15, 0.2) is 40.9 Å². The second-order valence-corrected chi connectivity index (χ2v) is 6.55. The van der Waals surface area contributed by atoms with Crippen LogP contribution in [-0.2, 0) is 6.42 Å². The summed E-state index contributed by atoms with van der Waals surface area (Å²) in [7, 11) is 0. The van der Waals surface area contributed by atoms with Crippen molar-refractivity contribution in [3.05, 3.63) is 68.7 Å². The molecule has 112 valence electrons. The summed E-state index contributed by atoms with van der Waals surface area (Å²) in [5.41, 5.74) is 6.84. The SMILES string of the molecule is CCNC(Cc1cc(C)ccc1C)c1cccc(Br)c1C. The summed E-state index contributed by atoms with van der Waals surface area (Å²) in [5, 5.41) is 3.64. The van der Waals surface area contributed by atoms with E-state index in [1.807, 2.05) is 0 Å². The predicted molar refractivity (Wildman–Crippen MR) is 94.9 cm³/mol. The van der Waals surface area contributed by atoms with Crippen molar-refractivity contribution in [2.24, 2.45) is 0 Å². The third-order valence-corrected chi connectivity index (χ3v) is 4.92. The van der Waals surface area contributed by atoms with Crippen molar-refractivity contribution >= 4 is 15.9 Å². The normalized spacial score (nSPS) is 12.4. The molecule has 0 aliphatic carbocycles. The topological polar surface area (TPSA) is 12.0 Å². The summed E-state index contributed by atoms with van der Waals surface area (Å²) in [4.78, 5) is 0. The van der Waals surface area contributed by atoms with Crippen molar-refractivity contribution in [3.63, 3.8) is 0 Å². The zero-order valence-corrected chi connectivity index (χ0v) is 14.9. The largest absolute Gasteiger partial charge is 0.310 e. The molecule has 0 saturated carbocycles. The van der Waals surface area contributed by atoms with Gasteiger partial charge in [-0.1, -0.05) is 58.7 Å². The molecule has 2 aromatic rings. The van der Waals surface area contributed by atoms with Crippen molar-refractivity contribution < 1.29 is 0 Å². The van der Waals surface area contributed by atoms with E-state index in [1.54, 1.807) is 0 Å². The van der Waals surface area contributed by atoms with Crippen LogP contribution in [0.3, 0.4) is 0 Å². The molecule has 1 nitrogen and oxygen atoms in total. The van der Waals surface area contributed by atoms with E-state index in [2.05, 4.69) is 85.3 Å². The van der Waals surface area contributed by atoms with Gasteiger partial charge in [-0.25, -0.2) is 0 Å². The van der Waals surface area contributed by atoms with Gasteiger partial charge in [-0.3, -0.25) is 0 Å². The number of hydrogen-bond acceptors (Lipinski definition) is 1. The summed E-state index contributed by atoms with van der Waals surface area (Å²) in [5.74, 6) is 0. The molecule has 1 atom stereocenters. The molecule has 2 heteroatoms. The first-order valence-corrected chi connectivity index (χ1v) is 8.36. The molecule has 0 aliphatic rings. The van der Waals surface area contributed by atoms with Gasteiger partial charge >= 0.3 is 0 Å². The maximum Gasteiger partial charge on any atom is 0.0363 e. The van der Waals surface area contributed by atoms with Crippen molar-refractivity contribution in [1.82, 2.24) is 5.32 Å².